The van der Waals surface area contributed by atoms with Crippen LogP contribution in [0.3, 0.4) is 0 Å². The van der Waals surface area contributed by atoms with Crippen molar-refractivity contribution < 1.29 is 18.3 Å². The third-order valence-electron chi connectivity index (χ3n) is 1.48. The summed E-state index contributed by atoms with van der Waals surface area (Å²) in [5.41, 5.74) is 4.92. The molecule has 0 atom stereocenters. The van der Waals surface area contributed by atoms with E-state index in [1.54, 1.807) is 0 Å². The highest BCUT2D eigenvalue weighted by atomic mass is 79.9. The number of hydrogen-bond acceptors (Lipinski definition) is 2. The fraction of sp³-hybridized carbons (Fsp3) is 0.125. The Kier molecular flexibility index (Phi) is 4.04. The topological polar surface area (TPSA) is 52.3 Å². The van der Waals surface area contributed by atoms with Crippen LogP contribution in [-0.4, -0.2) is 12.5 Å². The van der Waals surface area contributed by atoms with Gasteiger partial charge in [-0.1, -0.05) is 15.9 Å². The van der Waals surface area contributed by atoms with Gasteiger partial charge in [0.15, 0.2) is 0 Å². The van der Waals surface area contributed by atoms with E-state index in [1.165, 1.54) is 12.1 Å². The fourth-order valence-electron chi connectivity index (χ4n) is 0.978. The van der Waals surface area contributed by atoms with Gasteiger partial charge in [-0.3, -0.25) is 4.79 Å². The summed E-state index contributed by atoms with van der Waals surface area (Å²) < 4.78 is 29.0. The van der Waals surface area contributed by atoms with Crippen LogP contribution in [0.15, 0.2) is 21.1 Å². The molecule has 0 saturated heterocycles. The Morgan fingerprint density at radius 1 is 1.40 bits per heavy atom. The maximum Gasteiger partial charge on any atom is 0.387 e. The van der Waals surface area contributed by atoms with E-state index in [-0.39, 0.29) is 11.3 Å². The lowest BCUT2D eigenvalue weighted by molar-refractivity contribution is -0.0502. The number of primary amides is 1. The molecule has 0 bridgehead atoms. The Bertz CT molecular complexity index is 398. The van der Waals surface area contributed by atoms with Crippen molar-refractivity contribution in [1.29, 1.82) is 0 Å². The summed E-state index contributed by atoms with van der Waals surface area (Å²) in [5, 5.41) is 0. The molecule has 1 rings (SSSR count). The van der Waals surface area contributed by atoms with Gasteiger partial charge in [-0.2, -0.15) is 8.78 Å². The molecule has 0 fully saturated rings. The van der Waals surface area contributed by atoms with Crippen LogP contribution in [0.4, 0.5) is 8.78 Å². The van der Waals surface area contributed by atoms with Gasteiger partial charge in [-0.15, -0.1) is 0 Å². The quantitative estimate of drug-likeness (QED) is 0.916. The summed E-state index contributed by atoms with van der Waals surface area (Å²) in [6, 6.07) is 2.76. The molecule has 0 heterocycles. The van der Waals surface area contributed by atoms with Crippen LogP contribution in [0.2, 0.25) is 0 Å². The number of nitrogens with two attached hydrogens (primary N) is 1. The Morgan fingerprint density at radius 2 is 2.00 bits per heavy atom. The van der Waals surface area contributed by atoms with E-state index >= 15 is 0 Å². The van der Waals surface area contributed by atoms with Gasteiger partial charge in [-0.05, 0) is 28.1 Å². The molecule has 1 aromatic carbocycles. The SMILES string of the molecule is NC(=O)c1c(Br)cc(Br)cc1OC(F)F. The first-order valence-corrected chi connectivity index (χ1v) is 5.24. The first kappa shape index (κ1) is 12.4. The van der Waals surface area contributed by atoms with Crippen molar-refractivity contribution in [2.75, 3.05) is 0 Å². The minimum atomic E-state index is -3.01. The van der Waals surface area contributed by atoms with Gasteiger partial charge < -0.3 is 10.5 Å². The number of halogens is 4. The van der Waals surface area contributed by atoms with Crippen LogP contribution in [0.5, 0.6) is 5.75 Å². The molecule has 0 aliphatic rings. The zero-order valence-corrected chi connectivity index (χ0v) is 10.3. The zero-order valence-electron chi connectivity index (χ0n) is 7.14. The molecule has 2 N–H and O–H groups in total. The summed E-state index contributed by atoms with van der Waals surface area (Å²) in [7, 11) is 0. The van der Waals surface area contributed by atoms with Gasteiger partial charge in [0.05, 0.1) is 5.56 Å². The Balaban J connectivity index is 3.27. The predicted molar refractivity (Wildman–Crippen MR) is 57.0 cm³/mol. The van der Waals surface area contributed by atoms with E-state index in [1.807, 2.05) is 0 Å². The smallest absolute Gasteiger partial charge is 0.387 e. The van der Waals surface area contributed by atoms with Crippen molar-refractivity contribution in [2.24, 2.45) is 5.73 Å². The molecular formula is C8H5Br2F2NO2. The number of benzene rings is 1. The van der Waals surface area contributed by atoms with Gasteiger partial charge in [0.25, 0.3) is 5.91 Å². The standard InChI is InChI=1S/C8H5Br2F2NO2/c9-3-1-4(10)6(7(13)14)5(2-3)15-8(11)12/h1-2,8H,(H2,13,14). The summed E-state index contributed by atoms with van der Waals surface area (Å²) in [6.07, 6.45) is 0. The van der Waals surface area contributed by atoms with Gasteiger partial charge >= 0.3 is 6.61 Å². The molecule has 0 aromatic heterocycles. The molecule has 15 heavy (non-hydrogen) atoms. The summed E-state index contributed by atoms with van der Waals surface area (Å²) in [4.78, 5) is 11.0. The Labute approximate surface area is 101 Å². The van der Waals surface area contributed by atoms with Crippen molar-refractivity contribution in [2.45, 2.75) is 6.61 Å². The number of carbonyl (C=O) groups excluding carboxylic acids is 1. The highest BCUT2D eigenvalue weighted by Gasteiger charge is 2.17. The average Bonchev–Trinajstić information content (AvgIpc) is 1.99. The second-order valence-electron chi connectivity index (χ2n) is 2.50. The van der Waals surface area contributed by atoms with E-state index in [4.69, 9.17) is 5.73 Å². The number of carbonyl (C=O) groups is 1. The van der Waals surface area contributed by atoms with E-state index in [0.717, 1.165) is 0 Å². The third kappa shape index (κ3) is 3.13. The molecule has 7 heteroatoms. The van der Waals surface area contributed by atoms with Crippen LogP contribution in [-0.2, 0) is 0 Å². The number of amides is 1. The largest absolute Gasteiger partial charge is 0.434 e. The second kappa shape index (κ2) is 4.89. The van der Waals surface area contributed by atoms with Crippen LogP contribution in [0.25, 0.3) is 0 Å². The van der Waals surface area contributed by atoms with Gasteiger partial charge in [0.2, 0.25) is 0 Å². The summed E-state index contributed by atoms with van der Waals surface area (Å²) in [6.45, 7) is -3.01. The van der Waals surface area contributed by atoms with Gasteiger partial charge in [0, 0.05) is 8.95 Å². The molecule has 1 amide bonds. The van der Waals surface area contributed by atoms with Crippen molar-refractivity contribution in [1.82, 2.24) is 0 Å². The number of ether oxygens (including phenoxy) is 1. The molecule has 3 nitrogen and oxygen atoms in total. The number of rotatable bonds is 3. The first-order valence-electron chi connectivity index (χ1n) is 3.65. The molecule has 82 valence electrons. The minimum Gasteiger partial charge on any atom is -0.434 e. The molecule has 0 saturated carbocycles. The number of alkyl halides is 2. The summed E-state index contributed by atoms with van der Waals surface area (Å²) >= 11 is 6.11. The van der Waals surface area contributed by atoms with Crippen molar-refractivity contribution in [3.63, 3.8) is 0 Å². The van der Waals surface area contributed by atoms with Crippen LogP contribution in [0, 0.1) is 0 Å². The molecular weight excluding hydrogens is 340 g/mol. The molecule has 1 aromatic rings. The van der Waals surface area contributed by atoms with Gasteiger partial charge in [0.1, 0.15) is 5.75 Å². The number of hydrogen-bond donors (Lipinski definition) is 1. The lowest BCUT2D eigenvalue weighted by Crippen LogP contribution is -2.15. The van der Waals surface area contributed by atoms with Crippen molar-refractivity contribution in [3.8, 4) is 5.75 Å². The molecule has 0 aliphatic carbocycles. The maximum atomic E-state index is 12.0. The van der Waals surface area contributed by atoms with E-state index in [2.05, 4.69) is 36.6 Å². The normalized spacial score (nSPS) is 10.5. The molecule has 0 unspecified atom stereocenters. The summed E-state index contributed by atoms with van der Waals surface area (Å²) in [5.74, 6) is -1.11. The predicted octanol–water partition coefficient (Wildman–Crippen LogP) is 2.91. The highest BCUT2D eigenvalue weighted by Crippen LogP contribution is 2.31. The van der Waals surface area contributed by atoms with Crippen LogP contribution < -0.4 is 10.5 Å². The molecule has 0 radical (unpaired) electrons. The minimum absolute atomic E-state index is 0.113. The highest BCUT2D eigenvalue weighted by molar-refractivity contribution is 9.11. The third-order valence-corrected chi connectivity index (χ3v) is 2.56. The fourth-order valence-corrected chi connectivity index (χ4v) is 2.36. The van der Waals surface area contributed by atoms with E-state index in [9.17, 15) is 13.6 Å². The van der Waals surface area contributed by atoms with Crippen molar-refractivity contribution in [3.05, 3.63) is 26.6 Å². The van der Waals surface area contributed by atoms with E-state index < -0.39 is 12.5 Å². The zero-order chi connectivity index (χ0) is 11.6. The monoisotopic (exact) mass is 343 g/mol. The van der Waals surface area contributed by atoms with E-state index in [0.29, 0.717) is 8.95 Å². The molecule has 0 aliphatic heterocycles. The maximum absolute atomic E-state index is 12.0. The lowest BCUT2D eigenvalue weighted by Gasteiger charge is -2.10. The Hall–Kier alpha value is -0.690. The average molecular weight is 345 g/mol. The lowest BCUT2D eigenvalue weighted by atomic mass is 10.2. The Morgan fingerprint density at radius 3 is 2.47 bits per heavy atom. The van der Waals surface area contributed by atoms with Crippen LogP contribution >= 0.6 is 31.9 Å². The van der Waals surface area contributed by atoms with Crippen LogP contribution in [0.1, 0.15) is 10.4 Å². The van der Waals surface area contributed by atoms with Crippen molar-refractivity contribution >= 4 is 37.8 Å². The van der Waals surface area contributed by atoms with Gasteiger partial charge in [-0.25, -0.2) is 0 Å². The second-order valence-corrected chi connectivity index (χ2v) is 4.27. The molecule has 0 spiro atoms. The first-order chi connectivity index (χ1) is 6.91.